The van der Waals surface area contributed by atoms with Crippen LogP contribution >= 0.6 is 0 Å². The van der Waals surface area contributed by atoms with Gasteiger partial charge in [-0.3, -0.25) is 19.6 Å². The second-order valence-electron chi connectivity index (χ2n) is 8.39. The molecule has 1 unspecified atom stereocenters. The van der Waals surface area contributed by atoms with E-state index in [-0.39, 0.29) is 16.8 Å². The molecule has 0 saturated heterocycles. The van der Waals surface area contributed by atoms with E-state index in [0.717, 1.165) is 5.69 Å². The first-order chi connectivity index (χ1) is 16.2. The normalized spacial score (nSPS) is 12.9. The maximum absolute atomic E-state index is 13.8. The lowest BCUT2D eigenvalue weighted by Crippen LogP contribution is -2.35. The van der Waals surface area contributed by atoms with Crippen molar-refractivity contribution >= 4 is 11.4 Å². The minimum absolute atomic E-state index is 0.0967. The van der Waals surface area contributed by atoms with E-state index in [0.29, 0.717) is 22.5 Å². The van der Waals surface area contributed by atoms with Crippen molar-refractivity contribution in [3.8, 4) is 5.69 Å². The van der Waals surface area contributed by atoms with Crippen molar-refractivity contribution < 1.29 is 10.0 Å². The Balaban J connectivity index is 2.01. The minimum Gasteiger partial charge on any atom is -0.378 e. The number of anilines is 1. The summed E-state index contributed by atoms with van der Waals surface area (Å²) in [4.78, 5) is 26.5. The smallest absolute Gasteiger partial charge is 0.278 e. The molecule has 0 bridgehead atoms. The molecule has 1 aromatic heterocycles. The standard InChI is InChI=1S/C26H26N4O4/c1-18-24(25(31)29(28(18)4)22-8-6-5-7-9-22)26(32,19-10-14-21(15-11-19)27(2)3)20-12-16-23(17-13-20)30(33)34/h5-17,32H,1-4H3. The monoisotopic (exact) mass is 458 g/mol. The maximum Gasteiger partial charge on any atom is 0.278 e. The summed E-state index contributed by atoms with van der Waals surface area (Å²) in [7, 11) is 5.59. The van der Waals surface area contributed by atoms with E-state index in [1.54, 1.807) is 30.8 Å². The Morgan fingerprint density at radius 3 is 1.94 bits per heavy atom. The predicted octanol–water partition coefficient (Wildman–Crippen LogP) is 3.74. The van der Waals surface area contributed by atoms with Gasteiger partial charge in [-0.05, 0) is 54.4 Å². The summed E-state index contributed by atoms with van der Waals surface area (Å²) in [5, 5.41) is 23.5. The molecule has 0 aliphatic rings. The molecule has 174 valence electrons. The summed E-state index contributed by atoms with van der Waals surface area (Å²) >= 11 is 0. The summed E-state index contributed by atoms with van der Waals surface area (Å²) in [6.45, 7) is 1.78. The Labute approximate surface area is 197 Å². The van der Waals surface area contributed by atoms with Crippen LogP contribution in [-0.4, -0.2) is 33.5 Å². The van der Waals surface area contributed by atoms with Gasteiger partial charge in [0.1, 0.15) is 5.60 Å². The first-order valence-corrected chi connectivity index (χ1v) is 10.8. The van der Waals surface area contributed by atoms with Crippen LogP contribution in [0.3, 0.4) is 0 Å². The van der Waals surface area contributed by atoms with Crippen LogP contribution in [0.25, 0.3) is 5.69 Å². The highest BCUT2D eigenvalue weighted by Crippen LogP contribution is 2.38. The zero-order valence-electron chi connectivity index (χ0n) is 19.5. The number of nitro benzene ring substituents is 1. The Morgan fingerprint density at radius 1 is 0.912 bits per heavy atom. The van der Waals surface area contributed by atoms with Gasteiger partial charge in [-0.2, -0.15) is 0 Å². The second kappa shape index (κ2) is 8.64. The molecule has 0 fully saturated rings. The van der Waals surface area contributed by atoms with Gasteiger partial charge in [0, 0.05) is 44.7 Å². The SMILES string of the molecule is Cc1c(C(O)(c2ccc(N(C)C)cc2)c2ccc([N+](=O)[O-])cc2)c(=O)n(-c2ccccc2)n1C. The summed E-state index contributed by atoms with van der Waals surface area (Å²) in [5.41, 5.74) is 0.902. The summed E-state index contributed by atoms with van der Waals surface area (Å²) < 4.78 is 3.22. The van der Waals surface area contributed by atoms with E-state index in [4.69, 9.17) is 0 Å². The maximum atomic E-state index is 13.8. The van der Waals surface area contributed by atoms with Gasteiger partial charge < -0.3 is 10.0 Å². The Bertz CT molecular complexity index is 1390. The number of non-ortho nitro benzene ring substituents is 1. The first kappa shape index (κ1) is 23.0. The molecule has 0 spiro atoms. The number of nitro groups is 1. The molecule has 3 aromatic carbocycles. The fraction of sp³-hybridized carbons (Fsp3) is 0.192. The molecule has 0 aliphatic carbocycles. The van der Waals surface area contributed by atoms with Crippen molar-refractivity contribution in [3.63, 3.8) is 0 Å². The van der Waals surface area contributed by atoms with Gasteiger partial charge in [-0.1, -0.05) is 30.3 Å². The lowest BCUT2D eigenvalue weighted by molar-refractivity contribution is -0.384. The van der Waals surface area contributed by atoms with Gasteiger partial charge in [-0.15, -0.1) is 0 Å². The topological polar surface area (TPSA) is 93.5 Å². The van der Waals surface area contributed by atoms with Crippen molar-refractivity contribution in [1.82, 2.24) is 9.36 Å². The number of para-hydroxylation sites is 1. The van der Waals surface area contributed by atoms with E-state index in [1.807, 2.05) is 61.5 Å². The molecule has 8 heteroatoms. The molecule has 0 amide bonds. The Kier molecular flexibility index (Phi) is 5.85. The van der Waals surface area contributed by atoms with E-state index >= 15 is 0 Å². The number of aromatic nitrogens is 2. The Hall–Kier alpha value is -4.17. The van der Waals surface area contributed by atoms with Crippen LogP contribution in [-0.2, 0) is 12.6 Å². The molecule has 1 atom stereocenters. The van der Waals surface area contributed by atoms with Crippen LogP contribution in [0.4, 0.5) is 11.4 Å². The fourth-order valence-corrected chi connectivity index (χ4v) is 4.27. The first-order valence-electron chi connectivity index (χ1n) is 10.8. The lowest BCUT2D eigenvalue weighted by Gasteiger charge is -2.29. The molecular weight excluding hydrogens is 432 g/mol. The van der Waals surface area contributed by atoms with Crippen molar-refractivity contribution in [1.29, 1.82) is 0 Å². The number of aliphatic hydroxyl groups is 1. The third kappa shape index (κ3) is 3.68. The second-order valence-corrected chi connectivity index (χ2v) is 8.39. The highest BCUT2D eigenvalue weighted by molar-refractivity contribution is 5.54. The molecule has 4 rings (SSSR count). The highest BCUT2D eigenvalue weighted by atomic mass is 16.6. The zero-order chi connectivity index (χ0) is 24.6. The van der Waals surface area contributed by atoms with Gasteiger partial charge in [0.2, 0.25) is 0 Å². The third-order valence-corrected chi connectivity index (χ3v) is 6.21. The van der Waals surface area contributed by atoms with Crippen molar-refractivity contribution in [3.05, 3.63) is 122 Å². The number of rotatable bonds is 6. The van der Waals surface area contributed by atoms with E-state index < -0.39 is 10.5 Å². The number of hydrogen-bond acceptors (Lipinski definition) is 5. The fourth-order valence-electron chi connectivity index (χ4n) is 4.27. The van der Waals surface area contributed by atoms with Crippen LogP contribution < -0.4 is 10.5 Å². The van der Waals surface area contributed by atoms with Gasteiger partial charge in [0.25, 0.3) is 11.2 Å². The molecule has 1 N–H and O–H groups in total. The van der Waals surface area contributed by atoms with Gasteiger partial charge in [0.15, 0.2) is 0 Å². The molecule has 0 radical (unpaired) electrons. The predicted molar refractivity (Wildman–Crippen MR) is 132 cm³/mol. The van der Waals surface area contributed by atoms with E-state index in [1.165, 1.54) is 28.9 Å². The van der Waals surface area contributed by atoms with Gasteiger partial charge in [0.05, 0.1) is 16.2 Å². The van der Waals surface area contributed by atoms with Crippen molar-refractivity contribution in [2.24, 2.45) is 7.05 Å². The van der Waals surface area contributed by atoms with Crippen molar-refractivity contribution in [2.45, 2.75) is 12.5 Å². The average molecular weight is 459 g/mol. The van der Waals surface area contributed by atoms with Crippen molar-refractivity contribution in [2.75, 3.05) is 19.0 Å². The molecule has 8 nitrogen and oxygen atoms in total. The third-order valence-electron chi connectivity index (χ3n) is 6.21. The summed E-state index contributed by atoms with van der Waals surface area (Å²) in [6.07, 6.45) is 0. The summed E-state index contributed by atoms with van der Waals surface area (Å²) in [6, 6.07) is 22.1. The largest absolute Gasteiger partial charge is 0.378 e. The molecule has 0 saturated carbocycles. The van der Waals surface area contributed by atoms with Crippen LogP contribution in [0, 0.1) is 17.0 Å². The van der Waals surface area contributed by atoms with Crippen LogP contribution in [0.1, 0.15) is 22.4 Å². The highest BCUT2D eigenvalue weighted by Gasteiger charge is 2.40. The number of benzene rings is 3. The minimum atomic E-state index is -1.83. The number of nitrogens with zero attached hydrogens (tertiary/aromatic N) is 4. The van der Waals surface area contributed by atoms with E-state index in [2.05, 4.69) is 0 Å². The van der Waals surface area contributed by atoms with Gasteiger partial charge in [-0.25, -0.2) is 4.68 Å². The molecule has 0 aliphatic heterocycles. The van der Waals surface area contributed by atoms with Crippen LogP contribution in [0.5, 0.6) is 0 Å². The summed E-state index contributed by atoms with van der Waals surface area (Å²) in [5.74, 6) is 0. The van der Waals surface area contributed by atoms with Crippen LogP contribution in [0.15, 0.2) is 83.7 Å². The van der Waals surface area contributed by atoms with Crippen LogP contribution in [0.2, 0.25) is 0 Å². The molecule has 34 heavy (non-hydrogen) atoms. The molecule has 1 heterocycles. The zero-order valence-corrected chi connectivity index (χ0v) is 19.5. The molecule has 4 aromatic rings. The average Bonchev–Trinajstić information content (AvgIpc) is 3.07. The van der Waals surface area contributed by atoms with Gasteiger partial charge >= 0.3 is 0 Å². The molecular formula is C26H26N4O4. The van der Waals surface area contributed by atoms with E-state index in [9.17, 15) is 20.0 Å². The quantitative estimate of drug-likeness (QED) is 0.351. The Morgan fingerprint density at radius 2 is 1.44 bits per heavy atom. The number of hydrogen-bond donors (Lipinski definition) is 1. The lowest BCUT2D eigenvalue weighted by atomic mass is 9.80.